The fourth-order valence-corrected chi connectivity index (χ4v) is 8.28. The van der Waals surface area contributed by atoms with Crippen LogP contribution in [0.4, 0.5) is 0 Å². The van der Waals surface area contributed by atoms with E-state index < -0.39 is 5.97 Å². The summed E-state index contributed by atoms with van der Waals surface area (Å²) in [4.78, 5) is 44.0. The minimum Gasteiger partial charge on any atom is -0.478 e. The Morgan fingerprint density at radius 3 is 1.46 bits per heavy atom. The van der Waals surface area contributed by atoms with Gasteiger partial charge in [-0.25, -0.2) is 14.6 Å². The lowest BCUT2D eigenvalue weighted by Gasteiger charge is -2.25. The summed E-state index contributed by atoms with van der Waals surface area (Å²) in [5.74, 6) is 0.331. The molecule has 0 aliphatic heterocycles. The summed E-state index contributed by atoms with van der Waals surface area (Å²) in [6, 6.07) is 7.41. The average molecular weight is 973 g/mol. The highest BCUT2D eigenvalue weighted by atomic mass is 16.6. The van der Waals surface area contributed by atoms with E-state index in [0.717, 1.165) is 61.3 Å². The molecular formula is C51H80N4O14. The Hall–Kier alpha value is -4.08. The molecule has 0 saturated heterocycles. The number of nitrogens with zero attached hydrogens (tertiary/aromatic N) is 4. The third-order valence-corrected chi connectivity index (χ3v) is 11.7. The van der Waals surface area contributed by atoms with Gasteiger partial charge in [-0.3, -0.25) is 13.9 Å². The number of imidazole rings is 1. The Morgan fingerprint density at radius 2 is 1.06 bits per heavy atom. The molecule has 2 heterocycles. The van der Waals surface area contributed by atoms with Crippen molar-refractivity contribution in [3.05, 3.63) is 68.9 Å². The summed E-state index contributed by atoms with van der Waals surface area (Å²) in [5.41, 5.74) is 2.81. The van der Waals surface area contributed by atoms with Crippen molar-refractivity contribution in [1.29, 1.82) is 0 Å². The van der Waals surface area contributed by atoms with E-state index in [9.17, 15) is 14.4 Å². The van der Waals surface area contributed by atoms with Gasteiger partial charge in [0.1, 0.15) is 5.82 Å². The molecule has 388 valence electrons. The van der Waals surface area contributed by atoms with Crippen molar-refractivity contribution >= 4 is 23.2 Å². The van der Waals surface area contributed by atoms with Crippen LogP contribution in [0.3, 0.4) is 0 Å². The predicted molar refractivity (Wildman–Crippen MR) is 264 cm³/mol. The minimum absolute atomic E-state index is 0.0322. The van der Waals surface area contributed by atoms with Crippen molar-refractivity contribution in [1.82, 2.24) is 18.7 Å². The van der Waals surface area contributed by atoms with Gasteiger partial charge in [-0.2, -0.15) is 0 Å². The largest absolute Gasteiger partial charge is 0.478 e. The second kappa shape index (κ2) is 35.1. The Morgan fingerprint density at radius 1 is 0.638 bits per heavy atom. The topological polar surface area (TPSA) is 202 Å². The molecule has 0 radical (unpaired) electrons. The molecule has 0 atom stereocenters. The third kappa shape index (κ3) is 22.3. The van der Waals surface area contributed by atoms with Crippen LogP contribution in [-0.4, -0.2) is 161 Å². The first kappa shape index (κ1) is 57.5. The molecule has 2 N–H and O–H groups in total. The Labute approximate surface area is 407 Å². The van der Waals surface area contributed by atoms with Gasteiger partial charge in [0.2, 0.25) is 0 Å². The molecule has 69 heavy (non-hydrogen) atoms. The van der Waals surface area contributed by atoms with E-state index in [1.165, 1.54) is 36.3 Å². The first-order chi connectivity index (χ1) is 33.7. The molecule has 0 spiro atoms. The van der Waals surface area contributed by atoms with Crippen LogP contribution in [0, 0.1) is 11.8 Å². The number of fused-ring (bicyclic) bond motifs is 1. The van der Waals surface area contributed by atoms with Crippen molar-refractivity contribution in [3.8, 4) is 11.4 Å². The number of carbonyl (C=O) groups is 1. The summed E-state index contributed by atoms with van der Waals surface area (Å²) < 4.78 is 52.6. The van der Waals surface area contributed by atoms with Gasteiger partial charge in [0.05, 0.1) is 119 Å². The summed E-state index contributed by atoms with van der Waals surface area (Å²) in [7, 11) is 1.64. The zero-order chi connectivity index (χ0) is 49.3. The van der Waals surface area contributed by atoms with E-state index in [-0.39, 0.29) is 17.9 Å². The fourth-order valence-electron chi connectivity index (χ4n) is 8.28. The highest BCUT2D eigenvalue weighted by molar-refractivity contribution is 5.85. The molecule has 3 aromatic rings. The number of aliphatic hydroxyl groups is 1. The lowest BCUT2D eigenvalue weighted by Crippen LogP contribution is -2.43. The van der Waals surface area contributed by atoms with Crippen molar-refractivity contribution in [3.63, 3.8) is 0 Å². The number of ether oxygens (including phenoxy) is 9. The number of aliphatic hydroxyl groups excluding tert-OH is 1. The molecule has 5 rings (SSSR count). The molecule has 18 nitrogen and oxygen atoms in total. The average Bonchev–Trinajstić information content (AvgIpc) is 3.72. The first-order valence-corrected chi connectivity index (χ1v) is 24.8. The maximum atomic E-state index is 14.1. The normalized spacial score (nSPS) is 14.7. The number of methoxy groups -OCH3 is 1. The van der Waals surface area contributed by atoms with Crippen molar-refractivity contribution in [2.45, 2.75) is 90.8 Å². The van der Waals surface area contributed by atoms with E-state index in [2.05, 4.69) is 6.58 Å². The number of aromatic nitrogens is 4. The fraction of sp³-hybridized carbons (Fsp3) is 0.686. The van der Waals surface area contributed by atoms with Crippen LogP contribution >= 0.6 is 0 Å². The van der Waals surface area contributed by atoms with Crippen LogP contribution in [0.5, 0.6) is 0 Å². The van der Waals surface area contributed by atoms with Crippen LogP contribution in [0.1, 0.15) is 76.7 Å². The van der Waals surface area contributed by atoms with Gasteiger partial charge < -0.3 is 57.4 Å². The predicted octanol–water partition coefficient (Wildman–Crippen LogP) is 5.62. The number of carboxylic acid groups (broad SMARTS) is 1. The number of allylic oxidation sites excluding steroid dienone is 1. The van der Waals surface area contributed by atoms with Crippen LogP contribution in [0.2, 0.25) is 0 Å². The van der Waals surface area contributed by atoms with Crippen LogP contribution in [-0.2, 0) is 67.1 Å². The highest BCUT2D eigenvalue weighted by Gasteiger charge is 2.26. The molecule has 2 saturated carbocycles. The smallest absolute Gasteiger partial charge is 0.332 e. The lowest BCUT2D eigenvalue weighted by molar-refractivity contribution is -0.131. The maximum Gasteiger partial charge on any atom is 0.332 e. The second-order valence-electron chi connectivity index (χ2n) is 17.4. The van der Waals surface area contributed by atoms with Crippen LogP contribution in [0.15, 0.2) is 52.1 Å². The number of hydrogen-bond acceptors (Lipinski definition) is 14. The van der Waals surface area contributed by atoms with E-state index >= 15 is 0 Å². The van der Waals surface area contributed by atoms with E-state index in [0.29, 0.717) is 161 Å². The zero-order valence-corrected chi connectivity index (χ0v) is 41.3. The zero-order valence-electron chi connectivity index (χ0n) is 41.3. The van der Waals surface area contributed by atoms with Crippen molar-refractivity contribution in [2.24, 2.45) is 11.8 Å². The van der Waals surface area contributed by atoms with Gasteiger partial charge in [0.15, 0.2) is 11.2 Å². The van der Waals surface area contributed by atoms with Gasteiger partial charge in [0, 0.05) is 38.4 Å². The molecule has 1 aromatic carbocycles. The third-order valence-electron chi connectivity index (χ3n) is 11.7. The summed E-state index contributed by atoms with van der Waals surface area (Å²) >= 11 is 0. The van der Waals surface area contributed by atoms with Gasteiger partial charge in [0.25, 0.3) is 5.56 Å². The summed E-state index contributed by atoms with van der Waals surface area (Å²) in [5, 5.41) is 17.5. The molecule has 0 bridgehead atoms. The molecule has 2 aromatic heterocycles. The SMILES string of the molecule is C=C(C)Cn1c(-c2ccc(/C=C/C(=O)O)cc2)nc2c1c(=O)n(CC1CCCCC1)c(=O)n2CC1CCCCC1.COCCOCCOCCOCCOCCOCCOCCOCCOCCO. The lowest BCUT2D eigenvalue weighted by atomic mass is 9.89. The number of benzene rings is 1. The highest BCUT2D eigenvalue weighted by Crippen LogP contribution is 2.29. The summed E-state index contributed by atoms with van der Waals surface area (Å²) in [6.07, 6.45) is 14.0. The maximum absolute atomic E-state index is 14.1. The number of carboxylic acids is 1. The molecule has 0 amide bonds. The monoisotopic (exact) mass is 973 g/mol. The van der Waals surface area contributed by atoms with Crippen molar-refractivity contribution < 1.29 is 57.6 Å². The van der Waals surface area contributed by atoms with Gasteiger partial charge >= 0.3 is 11.7 Å². The number of rotatable bonds is 35. The second-order valence-corrected chi connectivity index (χ2v) is 17.4. The Kier molecular flexibility index (Phi) is 29.2. The van der Waals surface area contributed by atoms with Gasteiger partial charge in [-0.05, 0) is 56.1 Å². The Balaban J connectivity index is 0.000000319. The molecule has 2 aliphatic carbocycles. The molecule has 2 fully saturated rings. The van der Waals surface area contributed by atoms with Crippen molar-refractivity contribution in [2.75, 3.05) is 126 Å². The van der Waals surface area contributed by atoms with Crippen LogP contribution in [0.25, 0.3) is 28.6 Å². The van der Waals surface area contributed by atoms with E-state index in [1.54, 1.807) is 11.7 Å². The molecular weight excluding hydrogens is 893 g/mol. The number of hydrogen-bond donors (Lipinski definition) is 2. The van der Waals surface area contributed by atoms with E-state index in [1.807, 2.05) is 35.8 Å². The first-order valence-electron chi connectivity index (χ1n) is 24.8. The van der Waals surface area contributed by atoms with Gasteiger partial charge in [-0.15, -0.1) is 0 Å². The quantitative estimate of drug-likeness (QED) is 0.0418. The molecule has 2 aliphatic rings. The standard InChI is InChI=1S/C32H40N4O4.C19H40O10/c1-22(2)19-34-28-30(33-29(34)26-16-13-23(14-17-26)15-18-27(37)38)35(20-24-9-5-3-6-10-24)32(40)36(31(28)39)21-25-11-7-4-8-12-25;1-21-4-5-23-8-9-25-12-13-27-16-17-29-19-18-28-15-14-26-11-10-24-7-6-22-3-2-20/h13-18,24-25H,1,3-12,19-21H2,2H3,(H,37,38);20H,2-19H2,1H3/b18-15+;. The van der Waals surface area contributed by atoms with Gasteiger partial charge in [-0.1, -0.05) is 74.9 Å². The molecule has 18 heteroatoms. The summed E-state index contributed by atoms with van der Waals surface area (Å²) in [6.45, 7) is 16.4. The van der Waals surface area contributed by atoms with Crippen LogP contribution < -0.4 is 11.2 Å². The number of aliphatic carboxylic acids is 1. The van der Waals surface area contributed by atoms with E-state index in [4.69, 9.17) is 57.8 Å². The molecule has 0 unspecified atom stereocenters. The minimum atomic E-state index is -1.01. The Bertz CT molecular complexity index is 1990.